The Bertz CT molecular complexity index is 550. The summed E-state index contributed by atoms with van der Waals surface area (Å²) in [5.74, 6) is -0.796. The SMILES string of the molecule is Cc1oc(=O)oc1COC(=O)NCCOC(=O)C(C)(C)C. The molecule has 0 atom stereocenters. The van der Waals surface area contributed by atoms with Gasteiger partial charge in [-0.05, 0) is 27.7 Å². The van der Waals surface area contributed by atoms with Crippen LogP contribution in [0, 0.1) is 12.3 Å². The lowest BCUT2D eigenvalue weighted by Gasteiger charge is -2.16. The number of esters is 1. The van der Waals surface area contributed by atoms with E-state index in [4.69, 9.17) is 9.47 Å². The van der Waals surface area contributed by atoms with E-state index in [1.54, 1.807) is 20.8 Å². The van der Waals surface area contributed by atoms with Crippen LogP contribution in [0.1, 0.15) is 32.3 Å². The predicted octanol–water partition coefficient (Wildman–Crippen LogP) is 1.36. The number of amides is 1. The third-order valence-electron chi connectivity index (χ3n) is 2.39. The Hall–Kier alpha value is -2.25. The van der Waals surface area contributed by atoms with Crippen molar-refractivity contribution < 1.29 is 27.9 Å². The highest BCUT2D eigenvalue weighted by molar-refractivity contribution is 5.75. The summed E-state index contributed by atoms with van der Waals surface area (Å²) in [4.78, 5) is 33.6. The largest absolute Gasteiger partial charge is 0.519 e. The van der Waals surface area contributed by atoms with E-state index in [1.165, 1.54) is 6.92 Å². The number of hydrogen-bond acceptors (Lipinski definition) is 7. The number of rotatable bonds is 5. The number of aryl methyl sites for hydroxylation is 1. The van der Waals surface area contributed by atoms with Gasteiger partial charge in [0, 0.05) is 0 Å². The minimum absolute atomic E-state index is 0.0467. The maximum Gasteiger partial charge on any atom is 0.519 e. The maximum absolute atomic E-state index is 11.4. The first kappa shape index (κ1) is 16.8. The molecule has 0 saturated carbocycles. The lowest BCUT2D eigenvalue weighted by Crippen LogP contribution is -2.31. The van der Waals surface area contributed by atoms with Crippen LogP contribution in [0.3, 0.4) is 0 Å². The van der Waals surface area contributed by atoms with Gasteiger partial charge in [-0.3, -0.25) is 4.79 Å². The topological polar surface area (TPSA) is 108 Å². The molecule has 0 saturated heterocycles. The molecule has 0 bridgehead atoms. The van der Waals surface area contributed by atoms with Crippen LogP contribution in [0.25, 0.3) is 0 Å². The van der Waals surface area contributed by atoms with Crippen LogP contribution in [-0.4, -0.2) is 25.2 Å². The number of nitrogens with one attached hydrogen (secondary N) is 1. The molecule has 1 rings (SSSR count). The highest BCUT2D eigenvalue weighted by atomic mass is 16.6. The molecule has 1 amide bonds. The smallest absolute Gasteiger partial charge is 0.463 e. The van der Waals surface area contributed by atoms with Crippen LogP contribution in [0.5, 0.6) is 0 Å². The average Bonchev–Trinajstić information content (AvgIpc) is 2.69. The molecule has 0 unspecified atom stereocenters. The summed E-state index contributed by atoms with van der Waals surface area (Å²) in [7, 11) is 0. The maximum atomic E-state index is 11.4. The fraction of sp³-hybridized carbons (Fsp3) is 0.615. The van der Waals surface area contributed by atoms with E-state index in [2.05, 4.69) is 14.2 Å². The summed E-state index contributed by atoms with van der Waals surface area (Å²) in [6.45, 7) is 6.67. The van der Waals surface area contributed by atoms with E-state index in [-0.39, 0.29) is 37.2 Å². The van der Waals surface area contributed by atoms with Crippen LogP contribution in [-0.2, 0) is 20.9 Å². The molecule has 21 heavy (non-hydrogen) atoms. The van der Waals surface area contributed by atoms with E-state index in [0.717, 1.165) is 0 Å². The van der Waals surface area contributed by atoms with Crippen molar-refractivity contribution in [2.45, 2.75) is 34.3 Å². The summed E-state index contributed by atoms with van der Waals surface area (Å²) in [5.41, 5.74) is -0.586. The van der Waals surface area contributed by atoms with Gasteiger partial charge in [0.15, 0.2) is 18.1 Å². The molecular weight excluding hydrogens is 282 g/mol. The second-order valence-corrected chi connectivity index (χ2v) is 5.32. The van der Waals surface area contributed by atoms with Crippen LogP contribution in [0.2, 0.25) is 0 Å². The Morgan fingerprint density at radius 1 is 1.19 bits per heavy atom. The van der Waals surface area contributed by atoms with E-state index < -0.39 is 17.3 Å². The van der Waals surface area contributed by atoms with Gasteiger partial charge in [-0.15, -0.1) is 0 Å². The quantitative estimate of drug-likeness (QED) is 0.646. The molecule has 1 heterocycles. The van der Waals surface area contributed by atoms with Crippen LogP contribution in [0.15, 0.2) is 13.6 Å². The fourth-order valence-electron chi connectivity index (χ4n) is 1.20. The van der Waals surface area contributed by atoms with Gasteiger partial charge in [0.25, 0.3) is 0 Å². The van der Waals surface area contributed by atoms with Crippen molar-refractivity contribution >= 4 is 12.1 Å². The van der Waals surface area contributed by atoms with Crippen molar-refractivity contribution in [3.8, 4) is 0 Å². The highest BCUT2D eigenvalue weighted by Gasteiger charge is 2.22. The third kappa shape index (κ3) is 5.72. The average molecular weight is 301 g/mol. The number of alkyl carbamates (subject to hydrolysis) is 1. The molecule has 0 fully saturated rings. The van der Waals surface area contributed by atoms with Gasteiger partial charge in [0.05, 0.1) is 12.0 Å². The van der Waals surface area contributed by atoms with Gasteiger partial charge in [0.2, 0.25) is 0 Å². The molecule has 1 aromatic heterocycles. The van der Waals surface area contributed by atoms with Crippen molar-refractivity contribution in [2.75, 3.05) is 13.2 Å². The minimum atomic E-state index is -0.847. The zero-order valence-corrected chi connectivity index (χ0v) is 12.5. The van der Waals surface area contributed by atoms with E-state index in [1.807, 2.05) is 0 Å². The first-order chi connectivity index (χ1) is 9.70. The van der Waals surface area contributed by atoms with Crippen LogP contribution >= 0.6 is 0 Å². The van der Waals surface area contributed by atoms with Gasteiger partial charge >= 0.3 is 17.9 Å². The van der Waals surface area contributed by atoms with Crippen LogP contribution < -0.4 is 11.1 Å². The zero-order valence-electron chi connectivity index (χ0n) is 12.5. The summed E-state index contributed by atoms with van der Waals surface area (Å²) in [5, 5.41) is 2.40. The van der Waals surface area contributed by atoms with Crippen molar-refractivity contribution in [1.29, 1.82) is 0 Å². The molecular formula is C13H19NO7. The second kappa shape index (κ2) is 6.96. The lowest BCUT2D eigenvalue weighted by molar-refractivity contribution is -0.152. The molecule has 8 nitrogen and oxygen atoms in total. The molecule has 0 aromatic carbocycles. The number of hydrogen-bond donors (Lipinski definition) is 1. The first-order valence-electron chi connectivity index (χ1n) is 6.37. The van der Waals surface area contributed by atoms with E-state index >= 15 is 0 Å². The van der Waals surface area contributed by atoms with Crippen molar-refractivity contribution in [2.24, 2.45) is 5.41 Å². The van der Waals surface area contributed by atoms with Gasteiger partial charge < -0.3 is 23.6 Å². The molecule has 0 spiro atoms. The van der Waals surface area contributed by atoms with Gasteiger partial charge in [-0.2, -0.15) is 0 Å². The Kier molecular flexibility index (Phi) is 5.57. The standard InChI is InChI=1S/C13H19NO7/c1-8-9(21-12(17)20-8)7-19-11(16)14-5-6-18-10(15)13(2,3)4/h5-7H2,1-4H3,(H,14,16). The molecule has 1 aromatic rings. The monoisotopic (exact) mass is 301 g/mol. The fourth-order valence-corrected chi connectivity index (χ4v) is 1.20. The summed E-state index contributed by atoms with van der Waals surface area (Å²) < 4.78 is 19.0. The summed E-state index contributed by atoms with van der Waals surface area (Å²) >= 11 is 0. The van der Waals surface area contributed by atoms with Crippen molar-refractivity contribution in [3.05, 3.63) is 22.1 Å². The lowest BCUT2D eigenvalue weighted by atomic mass is 9.97. The number of carbonyl (C=O) groups is 2. The van der Waals surface area contributed by atoms with Gasteiger partial charge in [-0.1, -0.05) is 0 Å². The Morgan fingerprint density at radius 3 is 2.38 bits per heavy atom. The molecule has 118 valence electrons. The minimum Gasteiger partial charge on any atom is -0.463 e. The zero-order chi connectivity index (χ0) is 16.0. The molecule has 0 aliphatic rings. The normalized spacial score (nSPS) is 11.0. The Balaban J connectivity index is 2.22. The Labute approximate surface area is 121 Å². The Morgan fingerprint density at radius 2 is 1.86 bits per heavy atom. The van der Waals surface area contributed by atoms with E-state index in [0.29, 0.717) is 0 Å². The number of ether oxygens (including phenoxy) is 2. The molecule has 1 N–H and O–H groups in total. The molecule has 0 aliphatic carbocycles. The van der Waals surface area contributed by atoms with Gasteiger partial charge in [-0.25, -0.2) is 9.59 Å². The van der Waals surface area contributed by atoms with Crippen LogP contribution in [0.4, 0.5) is 4.79 Å². The van der Waals surface area contributed by atoms with E-state index in [9.17, 15) is 14.4 Å². The predicted molar refractivity (Wildman–Crippen MR) is 70.6 cm³/mol. The summed E-state index contributed by atoms with van der Waals surface area (Å²) in [6, 6.07) is 0. The summed E-state index contributed by atoms with van der Waals surface area (Å²) in [6.07, 6.45) is -0.718. The second-order valence-electron chi connectivity index (χ2n) is 5.32. The van der Waals surface area contributed by atoms with Crippen molar-refractivity contribution in [3.63, 3.8) is 0 Å². The number of carbonyl (C=O) groups excluding carboxylic acids is 2. The van der Waals surface area contributed by atoms with Crippen molar-refractivity contribution in [1.82, 2.24) is 5.32 Å². The molecule has 8 heteroatoms. The molecule has 0 radical (unpaired) electrons. The molecule has 0 aliphatic heterocycles. The highest BCUT2D eigenvalue weighted by Crippen LogP contribution is 2.14. The first-order valence-corrected chi connectivity index (χ1v) is 6.37. The van der Waals surface area contributed by atoms with Gasteiger partial charge in [0.1, 0.15) is 6.61 Å². The third-order valence-corrected chi connectivity index (χ3v) is 2.39.